The van der Waals surface area contributed by atoms with E-state index >= 15 is 0 Å². The molecule has 0 saturated carbocycles. The molecule has 1 heterocycles. The summed E-state index contributed by atoms with van der Waals surface area (Å²) in [6.07, 6.45) is 0. The van der Waals surface area contributed by atoms with Crippen LogP contribution in [0.1, 0.15) is 0 Å². The molecule has 0 radical (unpaired) electrons. The first-order chi connectivity index (χ1) is 13.2. The maximum Gasteiger partial charge on any atom is 0.243 e. The third kappa shape index (κ3) is 6.27. The fourth-order valence-corrected chi connectivity index (χ4v) is 3.25. The van der Waals surface area contributed by atoms with E-state index in [0.717, 1.165) is 48.5 Å². The van der Waals surface area contributed by atoms with Crippen molar-refractivity contribution < 1.29 is 4.79 Å². The van der Waals surface area contributed by atoms with Crippen LogP contribution in [-0.4, -0.2) is 56.5 Å². The Morgan fingerprint density at radius 2 is 1.79 bits per heavy atom. The van der Waals surface area contributed by atoms with Crippen LogP contribution in [0.5, 0.6) is 0 Å². The highest BCUT2D eigenvalue weighted by Crippen LogP contribution is 2.20. The van der Waals surface area contributed by atoms with Gasteiger partial charge in [0.1, 0.15) is 0 Å². The molecule has 1 aliphatic rings. The lowest BCUT2D eigenvalue weighted by Gasteiger charge is -2.37. The summed E-state index contributed by atoms with van der Waals surface area (Å²) in [6, 6.07) is 17.3. The van der Waals surface area contributed by atoms with Crippen molar-refractivity contribution in [3.8, 4) is 0 Å². The second kappa shape index (κ2) is 11.1. The minimum absolute atomic E-state index is 0. The van der Waals surface area contributed by atoms with Crippen LogP contribution >= 0.6 is 35.6 Å². The number of halogens is 2. The summed E-state index contributed by atoms with van der Waals surface area (Å²) in [5.74, 6) is 0.642. The summed E-state index contributed by atoms with van der Waals surface area (Å²) in [5.41, 5.74) is 1.92. The number of amides is 1. The van der Waals surface area contributed by atoms with Crippen LogP contribution in [0, 0.1) is 0 Å². The fraction of sp³-hybridized carbons (Fsp3) is 0.300. The van der Waals surface area contributed by atoms with Gasteiger partial charge in [-0.1, -0.05) is 35.9 Å². The van der Waals surface area contributed by atoms with Gasteiger partial charge in [-0.05, 0) is 30.3 Å². The van der Waals surface area contributed by atoms with E-state index in [1.807, 2.05) is 48.5 Å². The molecule has 3 rings (SSSR count). The van der Waals surface area contributed by atoms with Gasteiger partial charge in [-0.3, -0.25) is 9.79 Å². The normalized spacial score (nSPS) is 14.3. The predicted octanol–water partition coefficient (Wildman–Crippen LogP) is 3.29. The Hall–Kier alpha value is -2.00. The first kappa shape index (κ1) is 22.3. The number of benzene rings is 2. The van der Waals surface area contributed by atoms with E-state index < -0.39 is 0 Å². The van der Waals surface area contributed by atoms with Gasteiger partial charge in [0.15, 0.2) is 5.96 Å². The monoisotopic (exact) mass is 513 g/mol. The molecule has 0 atom stereocenters. The van der Waals surface area contributed by atoms with Crippen molar-refractivity contribution in [2.45, 2.75) is 0 Å². The van der Waals surface area contributed by atoms with Crippen LogP contribution < -0.4 is 15.5 Å². The average Bonchev–Trinajstić information content (AvgIpc) is 2.70. The van der Waals surface area contributed by atoms with E-state index in [9.17, 15) is 4.79 Å². The highest BCUT2D eigenvalue weighted by atomic mass is 127. The lowest BCUT2D eigenvalue weighted by Crippen LogP contribution is -2.53. The molecule has 2 aromatic rings. The minimum Gasteiger partial charge on any atom is -0.368 e. The van der Waals surface area contributed by atoms with E-state index in [1.165, 1.54) is 0 Å². The van der Waals surface area contributed by atoms with Gasteiger partial charge in [-0.2, -0.15) is 0 Å². The molecule has 1 aliphatic heterocycles. The molecule has 0 unspecified atom stereocenters. The van der Waals surface area contributed by atoms with E-state index in [0.29, 0.717) is 0 Å². The van der Waals surface area contributed by atoms with Crippen LogP contribution in [0.25, 0.3) is 0 Å². The first-order valence-electron chi connectivity index (χ1n) is 8.97. The molecule has 1 fully saturated rings. The third-order valence-corrected chi connectivity index (χ3v) is 4.66. The fourth-order valence-electron chi connectivity index (χ4n) is 3.07. The van der Waals surface area contributed by atoms with Crippen molar-refractivity contribution in [2.24, 2.45) is 4.99 Å². The number of piperazine rings is 1. The smallest absolute Gasteiger partial charge is 0.243 e. The molecule has 0 aliphatic carbocycles. The Labute approximate surface area is 188 Å². The molecule has 150 valence electrons. The molecule has 0 spiro atoms. The standard InChI is InChI=1S/C20H24ClN5O.HI/c1-22-20(23-15-19(27)24-17-7-3-2-4-8-17)26-12-10-25(11-13-26)18-9-5-6-16(21)14-18;/h2-9,14H,10-13,15H2,1H3,(H,22,23)(H,24,27);1H. The Bertz CT molecular complexity index is 794. The van der Waals surface area contributed by atoms with Crippen LogP contribution in [-0.2, 0) is 4.79 Å². The first-order valence-corrected chi connectivity index (χ1v) is 9.34. The van der Waals surface area contributed by atoms with Crippen LogP contribution in [0.4, 0.5) is 11.4 Å². The second-order valence-electron chi connectivity index (χ2n) is 6.27. The zero-order valence-electron chi connectivity index (χ0n) is 15.8. The SMILES string of the molecule is CN=C(NCC(=O)Nc1ccccc1)N1CCN(c2cccc(Cl)c2)CC1.I. The van der Waals surface area contributed by atoms with Gasteiger partial charge < -0.3 is 20.4 Å². The number of anilines is 2. The molecule has 0 bridgehead atoms. The molecule has 0 aromatic heterocycles. The Kier molecular flexibility index (Phi) is 8.85. The van der Waals surface area contributed by atoms with Gasteiger partial charge >= 0.3 is 0 Å². The summed E-state index contributed by atoms with van der Waals surface area (Å²) < 4.78 is 0. The highest BCUT2D eigenvalue weighted by molar-refractivity contribution is 14.0. The second-order valence-corrected chi connectivity index (χ2v) is 6.71. The largest absolute Gasteiger partial charge is 0.368 e. The molecule has 2 N–H and O–H groups in total. The Balaban J connectivity index is 0.00000280. The van der Waals surface area contributed by atoms with Crippen molar-refractivity contribution in [1.29, 1.82) is 0 Å². The lowest BCUT2D eigenvalue weighted by atomic mass is 10.2. The predicted molar refractivity (Wildman–Crippen MR) is 127 cm³/mol. The van der Waals surface area contributed by atoms with Crippen molar-refractivity contribution in [2.75, 3.05) is 50.0 Å². The quantitative estimate of drug-likeness (QED) is 0.374. The van der Waals surface area contributed by atoms with Crippen LogP contribution in [0.3, 0.4) is 0 Å². The van der Waals surface area contributed by atoms with Crippen LogP contribution in [0.2, 0.25) is 5.02 Å². The van der Waals surface area contributed by atoms with E-state index in [4.69, 9.17) is 11.6 Å². The number of nitrogens with one attached hydrogen (secondary N) is 2. The van der Waals surface area contributed by atoms with E-state index in [-0.39, 0.29) is 36.4 Å². The average molecular weight is 514 g/mol. The van der Waals surface area contributed by atoms with Gasteiger partial charge in [-0.25, -0.2) is 0 Å². The summed E-state index contributed by atoms with van der Waals surface area (Å²) in [4.78, 5) is 20.9. The van der Waals surface area contributed by atoms with Crippen molar-refractivity contribution in [1.82, 2.24) is 10.2 Å². The summed E-state index contributed by atoms with van der Waals surface area (Å²) in [6.45, 7) is 3.57. The third-order valence-electron chi connectivity index (χ3n) is 4.43. The summed E-state index contributed by atoms with van der Waals surface area (Å²) in [7, 11) is 1.74. The highest BCUT2D eigenvalue weighted by Gasteiger charge is 2.20. The van der Waals surface area contributed by atoms with Gasteiger partial charge in [0.05, 0.1) is 6.54 Å². The van der Waals surface area contributed by atoms with Gasteiger partial charge in [0, 0.05) is 49.6 Å². The molecular formula is C20H25ClIN5O. The molecule has 1 amide bonds. The van der Waals surface area contributed by atoms with Crippen molar-refractivity contribution in [3.05, 3.63) is 59.6 Å². The maximum atomic E-state index is 12.1. The molecule has 1 saturated heterocycles. The molecule has 8 heteroatoms. The summed E-state index contributed by atoms with van der Waals surface area (Å²) >= 11 is 6.09. The van der Waals surface area contributed by atoms with E-state index in [1.54, 1.807) is 7.05 Å². The lowest BCUT2D eigenvalue weighted by molar-refractivity contribution is -0.115. The van der Waals surface area contributed by atoms with Crippen LogP contribution in [0.15, 0.2) is 59.6 Å². The molecule has 6 nitrogen and oxygen atoms in total. The van der Waals surface area contributed by atoms with Gasteiger partial charge in [0.2, 0.25) is 5.91 Å². The number of hydrogen-bond acceptors (Lipinski definition) is 3. The van der Waals surface area contributed by atoms with E-state index in [2.05, 4.69) is 31.5 Å². The number of para-hydroxylation sites is 1. The Morgan fingerprint density at radius 1 is 1.07 bits per heavy atom. The number of guanidine groups is 1. The zero-order valence-corrected chi connectivity index (χ0v) is 18.9. The van der Waals surface area contributed by atoms with Crippen molar-refractivity contribution >= 4 is 58.8 Å². The molecule has 2 aromatic carbocycles. The number of carbonyl (C=O) groups excluding carboxylic acids is 1. The maximum absolute atomic E-state index is 12.1. The summed E-state index contributed by atoms with van der Waals surface area (Å²) in [5, 5.41) is 6.76. The molecule has 28 heavy (non-hydrogen) atoms. The number of rotatable bonds is 4. The topological polar surface area (TPSA) is 60.0 Å². The number of aliphatic imine (C=N–C) groups is 1. The minimum atomic E-state index is -0.0973. The zero-order chi connectivity index (χ0) is 19.1. The molecular weight excluding hydrogens is 489 g/mol. The van der Waals surface area contributed by atoms with Gasteiger partial charge in [-0.15, -0.1) is 24.0 Å². The number of nitrogens with zero attached hydrogens (tertiary/aromatic N) is 3. The number of hydrogen-bond donors (Lipinski definition) is 2. The Morgan fingerprint density at radius 3 is 2.43 bits per heavy atom. The number of carbonyl (C=O) groups is 1. The van der Waals surface area contributed by atoms with Gasteiger partial charge in [0.25, 0.3) is 0 Å². The van der Waals surface area contributed by atoms with Crippen molar-refractivity contribution in [3.63, 3.8) is 0 Å².